The summed E-state index contributed by atoms with van der Waals surface area (Å²) in [5, 5.41) is 0. The van der Waals surface area contributed by atoms with Crippen molar-refractivity contribution in [3.05, 3.63) is 12.2 Å². The molecule has 0 bridgehead atoms. The second kappa shape index (κ2) is 3.52. The molecule has 0 aromatic heterocycles. The summed E-state index contributed by atoms with van der Waals surface area (Å²) >= 11 is 0. The van der Waals surface area contributed by atoms with Gasteiger partial charge in [-0.2, -0.15) is 0 Å². The van der Waals surface area contributed by atoms with E-state index in [-0.39, 0.29) is 17.5 Å². The van der Waals surface area contributed by atoms with E-state index in [4.69, 9.17) is 4.74 Å². The molecule has 2 atom stereocenters. The van der Waals surface area contributed by atoms with Crippen LogP contribution < -0.4 is 0 Å². The minimum Gasteiger partial charge on any atom is -0.462 e. The van der Waals surface area contributed by atoms with Crippen molar-refractivity contribution in [3.63, 3.8) is 0 Å². The first kappa shape index (κ1) is 10.3. The molecule has 1 aliphatic heterocycles. The Labute approximate surface area is 80.0 Å². The molecular weight excluding hydrogens is 164 g/mol. The first-order chi connectivity index (χ1) is 5.98. The van der Waals surface area contributed by atoms with E-state index in [1.165, 1.54) is 0 Å². The molecule has 2 nitrogen and oxygen atoms in total. The van der Waals surface area contributed by atoms with Crippen LogP contribution in [0.3, 0.4) is 0 Å². The maximum atomic E-state index is 11.3. The van der Waals surface area contributed by atoms with E-state index in [1.54, 1.807) is 0 Å². The van der Waals surface area contributed by atoms with Crippen LogP contribution in [0, 0.1) is 5.41 Å². The molecule has 13 heavy (non-hydrogen) atoms. The van der Waals surface area contributed by atoms with Gasteiger partial charge in [0.2, 0.25) is 0 Å². The maximum absolute atomic E-state index is 11.3. The lowest BCUT2D eigenvalue weighted by Gasteiger charge is -2.37. The molecule has 2 heteroatoms. The average molecular weight is 182 g/mol. The first-order valence-corrected chi connectivity index (χ1v) is 4.83. The molecule has 0 spiro atoms. The molecule has 1 heterocycles. The summed E-state index contributed by atoms with van der Waals surface area (Å²) < 4.78 is 5.20. The van der Waals surface area contributed by atoms with Gasteiger partial charge in [0.25, 0.3) is 0 Å². The van der Waals surface area contributed by atoms with Crippen molar-refractivity contribution < 1.29 is 9.53 Å². The lowest BCUT2D eigenvalue weighted by atomic mass is 9.74. The molecule has 1 rings (SSSR count). The Morgan fingerprint density at radius 1 is 1.77 bits per heavy atom. The van der Waals surface area contributed by atoms with Crippen LogP contribution in [0.25, 0.3) is 0 Å². The summed E-state index contributed by atoms with van der Waals surface area (Å²) in [6, 6.07) is 0. The Morgan fingerprint density at radius 3 is 2.85 bits per heavy atom. The lowest BCUT2D eigenvalue weighted by Crippen LogP contribution is -2.36. The van der Waals surface area contributed by atoms with Crippen LogP contribution in [0.15, 0.2) is 12.2 Å². The largest absolute Gasteiger partial charge is 0.462 e. The Kier molecular flexibility index (Phi) is 2.79. The van der Waals surface area contributed by atoms with Gasteiger partial charge in [0.15, 0.2) is 0 Å². The lowest BCUT2D eigenvalue weighted by molar-refractivity contribution is -0.159. The number of rotatable bonds is 2. The van der Waals surface area contributed by atoms with E-state index in [9.17, 15) is 4.79 Å². The van der Waals surface area contributed by atoms with Crippen molar-refractivity contribution in [1.29, 1.82) is 0 Å². The van der Waals surface area contributed by atoms with Gasteiger partial charge < -0.3 is 4.74 Å². The standard InChI is InChI=1S/C11H18O2/c1-5-9-6-11(4,8(2)3)7-10(12)13-9/h9H,2,5-7H2,1,3-4H3. The highest BCUT2D eigenvalue weighted by molar-refractivity contribution is 5.72. The van der Waals surface area contributed by atoms with Gasteiger partial charge in [-0.05, 0) is 19.8 Å². The minimum absolute atomic E-state index is 0.0456. The van der Waals surface area contributed by atoms with Crippen molar-refractivity contribution in [3.8, 4) is 0 Å². The molecule has 0 aromatic carbocycles. The van der Waals surface area contributed by atoms with E-state index in [0.29, 0.717) is 6.42 Å². The van der Waals surface area contributed by atoms with Gasteiger partial charge in [-0.3, -0.25) is 4.79 Å². The molecule has 0 aliphatic carbocycles. The topological polar surface area (TPSA) is 26.3 Å². The molecule has 1 aliphatic rings. The smallest absolute Gasteiger partial charge is 0.306 e. The predicted molar refractivity (Wildman–Crippen MR) is 52.3 cm³/mol. The zero-order valence-electron chi connectivity index (χ0n) is 8.72. The summed E-state index contributed by atoms with van der Waals surface area (Å²) in [4.78, 5) is 11.3. The maximum Gasteiger partial charge on any atom is 0.306 e. The van der Waals surface area contributed by atoms with E-state index >= 15 is 0 Å². The molecule has 74 valence electrons. The summed E-state index contributed by atoms with van der Waals surface area (Å²) in [6.45, 7) is 10.1. The van der Waals surface area contributed by atoms with Crippen LogP contribution in [-0.2, 0) is 9.53 Å². The first-order valence-electron chi connectivity index (χ1n) is 4.83. The molecule has 1 fully saturated rings. The van der Waals surface area contributed by atoms with E-state index < -0.39 is 0 Å². The number of carbonyl (C=O) groups is 1. The Balaban J connectivity index is 2.77. The molecule has 0 saturated carbocycles. The Hall–Kier alpha value is -0.790. The van der Waals surface area contributed by atoms with Gasteiger partial charge in [0.05, 0.1) is 6.42 Å². The zero-order chi connectivity index (χ0) is 10.1. The molecule has 2 unspecified atom stereocenters. The van der Waals surface area contributed by atoms with E-state index in [1.807, 2.05) is 13.8 Å². The molecule has 1 saturated heterocycles. The summed E-state index contributed by atoms with van der Waals surface area (Å²) in [6.07, 6.45) is 2.39. The highest BCUT2D eigenvalue weighted by Crippen LogP contribution is 2.39. The minimum atomic E-state index is -0.0800. The zero-order valence-corrected chi connectivity index (χ0v) is 8.72. The quantitative estimate of drug-likeness (QED) is 0.485. The fourth-order valence-corrected chi connectivity index (χ4v) is 1.72. The number of cyclic esters (lactones) is 1. The fourth-order valence-electron chi connectivity index (χ4n) is 1.72. The normalized spacial score (nSPS) is 34.1. The van der Waals surface area contributed by atoms with Crippen LogP contribution in [0.4, 0.5) is 0 Å². The third-order valence-corrected chi connectivity index (χ3v) is 3.00. The van der Waals surface area contributed by atoms with E-state index in [2.05, 4.69) is 13.5 Å². The van der Waals surface area contributed by atoms with Gasteiger partial charge in [-0.15, -0.1) is 0 Å². The predicted octanol–water partition coefficient (Wildman–Crippen LogP) is 2.68. The molecule has 0 radical (unpaired) electrons. The van der Waals surface area contributed by atoms with Crippen LogP contribution in [0.5, 0.6) is 0 Å². The van der Waals surface area contributed by atoms with E-state index in [0.717, 1.165) is 18.4 Å². The molecular formula is C11H18O2. The highest BCUT2D eigenvalue weighted by Gasteiger charge is 2.37. The van der Waals surface area contributed by atoms with Crippen LogP contribution in [-0.4, -0.2) is 12.1 Å². The van der Waals surface area contributed by atoms with Gasteiger partial charge in [-0.25, -0.2) is 0 Å². The number of allylic oxidation sites excluding steroid dienone is 1. The highest BCUT2D eigenvalue weighted by atomic mass is 16.5. The second-order valence-corrected chi connectivity index (χ2v) is 4.24. The van der Waals surface area contributed by atoms with Crippen molar-refractivity contribution in [2.24, 2.45) is 5.41 Å². The number of carbonyl (C=O) groups excluding carboxylic acids is 1. The second-order valence-electron chi connectivity index (χ2n) is 4.24. The summed E-state index contributed by atoms with van der Waals surface area (Å²) in [5.41, 5.74) is 1.04. The molecule has 0 aromatic rings. The van der Waals surface area contributed by atoms with Crippen LogP contribution in [0.2, 0.25) is 0 Å². The SMILES string of the molecule is C=C(C)C1(C)CC(=O)OC(CC)C1. The fraction of sp³-hybridized carbons (Fsp3) is 0.727. The van der Waals surface area contributed by atoms with Gasteiger partial charge in [-0.1, -0.05) is 26.0 Å². The number of ether oxygens (including phenoxy) is 1. The average Bonchev–Trinajstić information content (AvgIpc) is 2.02. The summed E-state index contributed by atoms with van der Waals surface area (Å²) in [5.74, 6) is -0.0800. The summed E-state index contributed by atoms with van der Waals surface area (Å²) in [7, 11) is 0. The van der Waals surface area contributed by atoms with Crippen molar-refractivity contribution in [1.82, 2.24) is 0 Å². The molecule has 0 N–H and O–H groups in total. The third-order valence-electron chi connectivity index (χ3n) is 3.00. The van der Waals surface area contributed by atoms with Crippen molar-refractivity contribution in [2.45, 2.75) is 46.1 Å². The number of hydrogen-bond donors (Lipinski definition) is 0. The Morgan fingerprint density at radius 2 is 2.38 bits per heavy atom. The van der Waals surface area contributed by atoms with Crippen molar-refractivity contribution >= 4 is 5.97 Å². The van der Waals surface area contributed by atoms with Crippen molar-refractivity contribution in [2.75, 3.05) is 0 Å². The number of esters is 1. The third kappa shape index (κ3) is 2.11. The van der Waals surface area contributed by atoms with Gasteiger partial charge >= 0.3 is 5.97 Å². The monoisotopic (exact) mass is 182 g/mol. The Bertz CT molecular complexity index is 232. The number of hydrogen-bond acceptors (Lipinski definition) is 2. The van der Waals surface area contributed by atoms with Gasteiger partial charge in [0.1, 0.15) is 6.10 Å². The van der Waals surface area contributed by atoms with Crippen LogP contribution in [0.1, 0.15) is 40.0 Å². The molecule has 0 amide bonds. The van der Waals surface area contributed by atoms with Gasteiger partial charge in [0, 0.05) is 5.41 Å². The van der Waals surface area contributed by atoms with Crippen LogP contribution >= 0.6 is 0 Å².